The lowest BCUT2D eigenvalue weighted by Crippen LogP contribution is -2.31. The molecule has 0 aliphatic heterocycles. The van der Waals surface area contributed by atoms with Crippen LogP contribution in [-0.4, -0.2) is 19.1 Å². The van der Waals surface area contributed by atoms with Gasteiger partial charge in [0.15, 0.2) is 18.2 Å². The lowest BCUT2D eigenvalue weighted by atomic mass is 10.0. The number of amides is 1. The van der Waals surface area contributed by atoms with E-state index in [0.717, 1.165) is 5.56 Å². The Hall–Kier alpha value is -2.36. The summed E-state index contributed by atoms with van der Waals surface area (Å²) in [5.41, 5.74) is 1.16. The Balaban J connectivity index is 1.76. The second-order valence-electron chi connectivity index (χ2n) is 4.83. The van der Waals surface area contributed by atoms with Crippen molar-refractivity contribution in [3.63, 3.8) is 0 Å². The maximum atomic E-state index is 13.3. The predicted molar refractivity (Wildman–Crippen MR) is 79.8 cm³/mol. The van der Waals surface area contributed by atoms with Gasteiger partial charge in [0.25, 0.3) is 5.91 Å². The Morgan fingerprint density at radius 2 is 1.81 bits per heavy atom. The van der Waals surface area contributed by atoms with Crippen molar-refractivity contribution in [1.29, 1.82) is 0 Å². The number of hydrogen-bond donors (Lipinski definition) is 1. The summed E-state index contributed by atoms with van der Waals surface area (Å²) in [4.78, 5) is 11.7. The van der Waals surface area contributed by atoms with E-state index >= 15 is 0 Å². The Kier molecular flexibility index (Phi) is 5.32. The molecule has 1 unspecified atom stereocenters. The zero-order chi connectivity index (χ0) is 15.1. The Labute approximate surface area is 123 Å². The monoisotopic (exact) mass is 287 g/mol. The summed E-state index contributed by atoms with van der Waals surface area (Å²) in [6, 6.07) is 16.0. The molecule has 2 aromatic rings. The van der Waals surface area contributed by atoms with Crippen molar-refractivity contribution >= 4 is 5.91 Å². The lowest BCUT2D eigenvalue weighted by Gasteiger charge is -2.13. The maximum absolute atomic E-state index is 13.3. The quantitative estimate of drug-likeness (QED) is 0.886. The summed E-state index contributed by atoms with van der Waals surface area (Å²) < 4.78 is 18.5. The van der Waals surface area contributed by atoms with Crippen LogP contribution < -0.4 is 10.1 Å². The van der Waals surface area contributed by atoms with Gasteiger partial charge in [-0.3, -0.25) is 4.79 Å². The third-order valence-corrected chi connectivity index (χ3v) is 3.17. The van der Waals surface area contributed by atoms with Gasteiger partial charge >= 0.3 is 0 Å². The van der Waals surface area contributed by atoms with Gasteiger partial charge in [0.2, 0.25) is 0 Å². The molecular weight excluding hydrogens is 269 g/mol. The summed E-state index contributed by atoms with van der Waals surface area (Å²) in [5.74, 6) is -0.434. The minimum absolute atomic E-state index is 0.0868. The number of benzene rings is 2. The number of nitrogens with one attached hydrogen (secondary N) is 1. The van der Waals surface area contributed by atoms with Gasteiger partial charge in [0.05, 0.1) is 0 Å². The Bertz CT molecular complexity index is 586. The number of rotatable bonds is 6. The summed E-state index contributed by atoms with van der Waals surface area (Å²) >= 11 is 0. The lowest BCUT2D eigenvalue weighted by molar-refractivity contribution is -0.123. The molecule has 0 aliphatic carbocycles. The largest absolute Gasteiger partial charge is 0.481 e. The molecular formula is C17H18FNO2. The number of carbonyl (C=O) groups is 1. The van der Waals surface area contributed by atoms with Crippen LogP contribution in [0.5, 0.6) is 5.75 Å². The molecule has 4 heteroatoms. The van der Waals surface area contributed by atoms with Gasteiger partial charge in [-0.2, -0.15) is 0 Å². The molecule has 1 atom stereocenters. The first-order valence-electron chi connectivity index (χ1n) is 6.86. The second-order valence-corrected chi connectivity index (χ2v) is 4.83. The van der Waals surface area contributed by atoms with Crippen LogP contribution in [0.1, 0.15) is 18.4 Å². The molecule has 2 aromatic carbocycles. The number of ether oxygens (including phenoxy) is 1. The van der Waals surface area contributed by atoms with E-state index in [-0.39, 0.29) is 24.2 Å². The normalized spacial score (nSPS) is 11.7. The smallest absolute Gasteiger partial charge is 0.257 e. The van der Waals surface area contributed by atoms with Crippen LogP contribution in [-0.2, 0) is 4.79 Å². The first kappa shape index (κ1) is 15.0. The van der Waals surface area contributed by atoms with Crippen molar-refractivity contribution in [3.05, 3.63) is 66.0 Å². The number of carbonyl (C=O) groups excluding carboxylic acids is 1. The van der Waals surface area contributed by atoms with E-state index < -0.39 is 5.82 Å². The van der Waals surface area contributed by atoms with Crippen molar-refractivity contribution in [1.82, 2.24) is 5.32 Å². The van der Waals surface area contributed by atoms with Crippen molar-refractivity contribution in [2.24, 2.45) is 0 Å². The van der Waals surface area contributed by atoms with Gasteiger partial charge in [-0.25, -0.2) is 4.39 Å². The molecule has 0 aromatic heterocycles. The molecule has 1 amide bonds. The zero-order valence-corrected chi connectivity index (χ0v) is 11.9. The van der Waals surface area contributed by atoms with Gasteiger partial charge in [-0.15, -0.1) is 0 Å². The fraction of sp³-hybridized carbons (Fsp3) is 0.235. The van der Waals surface area contributed by atoms with Gasteiger partial charge in [-0.05, 0) is 23.6 Å². The minimum Gasteiger partial charge on any atom is -0.481 e. The molecule has 0 heterocycles. The Morgan fingerprint density at radius 1 is 1.14 bits per heavy atom. The molecule has 0 fully saturated rings. The predicted octanol–water partition coefficient (Wildman–Crippen LogP) is 3.12. The Morgan fingerprint density at radius 3 is 2.52 bits per heavy atom. The molecule has 0 bridgehead atoms. The van der Waals surface area contributed by atoms with Gasteiger partial charge in [-0.1, -0.05) is 49.4 Å². The first-order chi connectivity index (χ1) is 10.2. The average molecular weight is 287 g/mol. The van der Waals surface area contributed by atoms with E-state index in [1.165, 1.54) is 12.1 Å². The van der Waals surface area contributed by atoms with Crippen molar-refractivity contribution < 1.29 is 13.9 Å². The summed E-state index contributed by atoms with van der Waals surface area (Å²) in [6.07, 6.45) is 0. The van der Waals surface area contributed by atoms with Gasteiger partial charge in [0, 0.05) is 6.54 Å². The molecule has 0 saturated heterocycles. The fourth-order valence-electron chi connectivity index (χ4n) is 1.92. The topological polar surface area (TPSA) is 38.3 Å². The van der Waals surface area contributed by atoms with Crippen LogP contribution in [0.25, 0.3) is 0 Å². The number of hydrogen-bond acceptors (Lipinski definition) is 2. The molecule has 0 aliphatic rings. The maximum Gasteiger partial charge on any atom is 0.257 e. The molecule has 0 saturated carbocycles. The van der Waals surface area contributed by atoms with Gasteiger partial charge < -0.3 is 10.1 Å². The second kappa shape index (κ2) is 7.43. The summed E-state index contributed by atoms with van der Waals surface area (Å²) in [5, 5.41) is 2.78. The number of halogens is 1. The van der Waals surface area contributed by atoms with E-state index in [1.54, 1.807) is 12.1 Å². The highest BCUT2D eigenvalue weighted by Crippen LogP contribution is 2.15. The molecule has 0 spiro atoms. The molecule has 3 nitrogen and oxygen atoms in total. The molecule has 21 heavy (non-hydrogen) atoms. The summed E-state index contributed by atoms with van der Waals surface area (Å²) in [6.45, 7) is 2.36. The van der Waals surface area contributed by atoms with E-state index in [4.69, 9.17) is 4.74 Å². The molecule has 1 N–H and O–H groups in total. The van der Waals surface area contributed by atoms with Crippen LogP contribution in [0, 0.1) is 5.82 Å². The minimum atomic E-state index is -0.469. The highest BCUT2D eigenvalue weighted by molar-refractivity contribution is 5.77. The van der Waals surface area contributed by atoms with Crippen molar-refractivity contribution in [2.45, 2.75) is 12.8 Å². The third kappa shape index (κ3) is 4.60. The molecule has 2 rings (SSSR count). The molecule has 110 valence electrons. The average Bonchev–Trinajstić information content (AvgIpc) is 2.52. The van der Waals surface area contributed by atoms with E-state index in [1.807, 2.05) is 37.3 Å². The van der Waals surface area contributed by atoms with Crippen molar-refractivity contribution in [3.8, 4) is 5.75 Å². The van der Waals surface area contributed by atoms with Crippen LogP contribution in [0.15, 0.2) is 54.6 Å². The van der Waals surface area contributed by atoms with Crippen LogP contribution in [0.3, 0.4) is 0 Å². The highest BCUT2D eigenvalue weighted by Gasteiger charge is 2.09. The fourth-order valence-corrected chi connectivity index (χ4v) is 1.92. The molecule has 0 radical (unpaired) electrons. The van der Waals surface area contributed by atoms with Crippen molar-refractivity contribution in [2.75, 3.05) is 13.2 Å². The zero-order valence-electron chi connectivity index (χ0n) is 11.9. The summed E-state index contributed by atoms with van der Waals surface area (Å²) in [7, 11) is 0. The standard InChI is InChI=1S/C17H18FNO2/c1-13(14-7-3-2-4-8-14)11-19-17(20)12-21-16-10-6-5-9-15(16)18/h2-10,13H,11-12H2,1H3,(H,19,20). The number of para-hydroxylation sites is 1. The van der Waals surface area contributed by atoms with E-state index in [9.17, 15) is 9.18 Å². The highest BCUT2D eigenvalue weighted by atomic mass is 19.1. The van der Waals surface area contributed by atoms with Crippen LogP contribution >= 0.6 is 0 Å². The van der Waals surface area contributed by atoms with E-state index in [0.29, 0.717) is 6.54 Å². The van der Waals surface area contributed by atoms with Crippen LogP contribution in [0.2, 0.25) is 0 Å². The SMILES string of the molecule is CC(CNC(=O)COc1ccccc1F)c1ccccc1. The van der Waals surface area contributed by atoms with Crippen LogP contribution in [0.4, 0.5) is 4.39 Å². The first-order valence-corrected chi connectivity index (χ1v) is 6.86. The van der Waals surface area contributed by atoms with E-state index in [2.05, 4.69) is 5.32 Å². The van der Waals surface area contributed by atoms with Gasteiger partial charge in [0.1, 0.15) is 0 Å². The third-order valence-electron chi connectivity index (χ3n) is 3.17.